The number of fused-ring (bicyclic) bond motifs is 1. The van der Waals surface area contributed by atoms with E-state index in [1.807, 2.05) is 47.5 Å². The first kappa shape index (κ1) is 16.6. The first-order valence-electron chi connectivity index (χ1n) is 7.77. The molecule has 1 unspecified atom stereocenters. The molecule has 0 saturated heterocycles. The largest absolute Gasteiger partial charge is 0.380 e. The SMILES string of the molecule is COC(C)CN(Cc1ccsc1)C(=O)Cn1nnc2ccccc21. The molecule has 1 atom stereocenters. The summed E-state index contributed by atoms with van der Waals surface area (Å²) < 4.78 is 6.98. The minimum Gasteiger partial charge on any atom is -0.380 e. The van der Waals surface area contributed by atoms with Gasteiger partial charge in [-0.25, -0.2) is 4.68 Å². The highest BCUT2D eigenvalue weighted by Gasteiger charge is 2.19. The molecule has 1 amide bonds. The molecule has 126 valence electrons. The molecule has 7 heteroatoms. The Hall–Kier alpha value is -2.25. The second-order valence-corrected chi connectivity index (χ2v) is 6.47. The zero-order valence-corrected chi connectivity index (χ0v) is 14.6. The number of nitrogens with zero attached hydrogens (tertiary/aromatic N) is 4. The third-order valence-corrected chi connectivity index (χ3v) is 4.62. The Balaban J connectivity index is 1.77. The molecule has 3 aromatic rings. The van der Waals surface area contributed by atoms with Crippen molar-refractivity contribution in [1.29, 1.82) is 0 Å². The van der Waals surface area contributed by atoms with Crippen LogP contribution in [0.4, 0.5) is 0 Å². The fraction of sp³-hybridized carbons (Fsp3) is 0.353. The highest BCUT2D eigenvalue weighted by Crippen LogP contribution is 2.13. The van der Waals surface area contributed by atoms with Gasteiger partial charge in [-0.05, 0) is 41.4 Å². The number of benzene rings is 1. The third-order valence-electron chi connectivity index (χ3n) is 3.89. The molecule has 2 heterocycles. The molecule has 24 heavy (non-hydrogen) atoms. The zero-order valence-electron chi connectivity index (χ0n) is 13.8. The number of rotatable bonds is 7. The molecule has 0 N–H and O–H groups in total. The molecule has 2 aromatic heterocycles. The molecule has 6 nitrogen and oxygen atoms in total. The molecule has 0 saturated carbocycles. The summed E-state index contributed by atoms with van der Waals surface area (Å²) in [5.74, 6) is 0.000697. The molecule has 0 aliphatic rings. The van der Waals surface area contributed by atoms with Crippen LogP contribution in [0.15, 0.2) is 41.1 Å². The van der Waals surface area contributed by atoms with E-state index in [0.717, 1.165) is 16.6 Å². The van der Waals surface area contributed by atoms with Gasteiger partial charge in [0.15, 0.2) is 0 Å². The number of thiophene rings is 1. The maximum absolute atomic E-state index is 12.8. The Bertz CT molecular complexity index is 800. The van der Waals surface area contributed by atoms with Gasteiger partial charge in [0, 0.05) is 20.2 Å². The predicted molar refractivity (Wildman–Crippen MR) is 93.7 cm³/mol. The van der Waals surface area contributed by atoms with Crippen LogP contribution in [0.2, 0.25) is 0 Å². The molecule has 0 aliphatic carbocycles. The van der Waals surface area contributed by atoms with E-state index < -0.39 is 0 Å². The maximum Gasteiger partial charge on any atom is 0.244 e. The molecular weight excluding hydrogens is 324 g/mol. The zero-order chi connectivity index (χ0) is 16.9. The van der Waals surface area contributed by atoms with Crippen LogP contribution in [0.3, 0.4) is 0 Å². The number of carbonyl (C=O) groups is 1. The first-order valence-corrected chi connectivity index (χ1v) is 8.71. The lowest BCUT2D eigenvalue weighted by Gasteiger charge is -2.25. The summed E-state index contributed by atoms with van der Waals surface area (Å²) >= 11 is 1.63. The molecule has 0 fully saturated rings. The van der Waals surface area contributed by atoms with Gasteiger partial charge in [0.1, 0.15) is 12.1 Å². The minimum absolute atomic E-state index is 0.000697. The monoisotopic (exact) mass is 344 g/mol. The fourth-order valence-electron chi connectivity index (χ4n) is 2.50. The van der Waals surface area contributed by atoms with E-state index >= 15 is 0 Å². The number of amides is 1. The van der Waals surface area contributed by atoms with Gasteiger partial charge in [-0.3, -0.25) is 4.79 Å². The summed E-state index contributed by atoms with van der Waals surface area (Å²) in [7, 11) is 1.66. The number of carbonyl (C=O) groups excluding carboxylic acids is 1. The van der Waals surface area contributed by atoms with Crippen LogP contribution < -0.4 is 0 Å². The number of hydrogen-bond donors (Lipinski definition) is 0. The summed E-state index contributed by atoms with van der Waals surface area (Å²) in [5.41, 5.74) is 2.78. The summed E-state index contributed by atoms with van der Waals surface area (Å²) in [6, 6.07) is 9.67. The van der Waals surface area contributed by atoms with E-state index in [0.29, 0.717) is 13.1 Å². The Labute approximate surface area is 144 Å². The Morgan fingerprint density at radius 1 is 1.38 bits per heavy atom. The minimum atomic E-state index is -0.0277. The lowest BCUT2D eigenvalue weighted by atomic mass is 10.2. The first-order chi connectivity index (χ1) is 11.7. The topological polar surface area (TPSA) is 60.2 Å². The van der Waals surface area contributed by atoms with E-state index in [9.17, 15) is 4.79 Å². The summed E-state index contributed by atoms with van der Waals surface area (Å²) in [4.78, 5) is 14.6. The van der Waals surface area contributed by atoms with Crippen molar-refractivity contribution in [3.63, 3.8) is 0 Å². The highest BCUT2D eigenvalue weighted by atomic mass is 32.1. The lowest BCUT2D eigenvalue weighted by Crippen LogP contribution is -2.38. The van der Waals surface area contributed by atoms with Crippen molar-refractivity contribution in [2.45, 2.75) is 26.1 Å². The number of ether oxygens (including phenoxy) is 1. The van der Waals surface area contributed by atoms with Crippen molar-refractivity contribution in [3.8, 4) is 0 Å². The standard InChI is InChI=1S/C17H20N4O2S/c1-13(23-2)9-20(10-14-7-8-24-12-14)17(22)11-21-16-6-4-3-5-15(16)18-19-21/h3-8,12-13H,9-11H2,1-2H3. The van der Waals surface area contributed by atoms with E-state index in [1.165, 1.54) is 0 Å². The number of aromatic nitrogens is 3. The van der Waals surface area contributed by atoms with Gasteiger partial charge in [-0.2, -0.15) is 11.3 Å². The molecule has 0 aliphatic heterocycles. The molecule has 0 radical (unpaired) electrons. The van der Waals surface area contributed by atoms with Crippen LogP contribution in [0, 0.1) is 0 Å². The van der Waals surface area contributed by atoms with Crippen LogP contribution in [-0.2, 0) is 22.6 Å². The average molecular weight is 344 g/mol. The Morgan fingerprint density at radius 2 is 2.21 bits per heavy atom. The second kappa shape index (κ2) is 7.55. The smallest absolute Gasteiger partial charge is 0.244 e. The van der Waals surface area contributed by atoms with Gasteiger partial charge >= 0.3 is 0 Å². The second-order valence-electron chi connectivity index (χ2n) is 5.69. The van der Waals surface area contributed by atoms with Gasteiger partial charge in [0.05, 0.1) is 11.6 Å². The van der Waals surface area contributed by atoms with Crippen LogP contribution in [0.5, 0.6) is 0 Å². The van der Waals surface area contributed by atoms with Gasteiger partial charge in [-0.15, -0.1) is 5.10 Å². The Morgan fingerprint density at radius 3 is 2.96 bits per heavy atom. The lowest BCUT2D eigenvalue weighted by molar-refractivity contribution is -0.134. The van der Waals surface area contributed by atoms with Crippen molar-refractivity contribution >= 4 is 28.3 Å². The van der Waals surface area contributed by atoms with Gasteiger partial charge in [0.25, 0.3) is 0 Å². The molecule has 0 bridgehead atoms. The molecule has 1 aromatic carbocycles. The van der Waals surface area contributed by atoms with E-state index in [4.69, 9.17) is 4.74 Å². The molecular formula is C17H20N4O2S. The van der Waals surface area contributed by atoms with Crippen molar-refractivity contribution in [2.24, 2.45) is 0 Å². The predicted octanol–water partition coefficient (Wildman–Crippen LogP) is 2.56. The fourth-order valence-corrected chi connectivity index (χ4v) is 3.16. The highest BCUT2D eigenvalue weighted by molar-refractivity contribution is 7.07. The van der Waals surface area contributed by atoms with Crippen LogP contribution in [0.1, 0.15) is 12.5 Å². The normalized spacial score (nSPS) is 12.4. The van der Waals surface area contributed by atoms with Crippen molar-refractivity contribution in [3.05, 3.63) is 46.7 Å². The number of methoxy groups -OCH3 is 1. The summed E-state index contributed by atoms with van der Waals surface area (Å²) in [6.07, 6.45) is -0.0277. The van der Waals surface area contributed by atoms with Gasteiger partial charge in [-0.1, -0.05) is 17.3 Å². The van der Waals surface area contributed by atoms with Gasteiger partial charge < -0.3 is 9.64 Å². The van der Waals surface area contributed by atoms with Gasteiger partial charge in [0.2, 0.25) is 5.91 Å². The van der Waals surface area contributed by atoms with Crippen LogP contribution in [0.25, 0.3) is 11.0 Å². The van der Waals surface area contributed by atoms with E-state index in [1.54, 1.807) is 23.1 Å². The quantitative estimate of drug-likeness (QED) is 0.661. The maximum atomic E-state index is 12.8. The van der Waals surface area contributed by atoms with Crippen molar-refractivity contribution in [2.75, 3.05) is 13.7 Å². The number of hydrogen-bond acceptors (Lipinski definition) is 5. The Kier molecular flexibility index (Phi) is 5.22. The van der Waals surface area contributed by atoms with Crippen LogP contribution in [-0.4, -0.2) is 45.6 Å². The summed E-state index contributed by atoms with van der Waals surface area (Å²) in [5, 5.41) is 12.3. The summed E-state index contributed by atoms with van der Waals surface area (Å²) in [6.45, 7) is 3.24. The molecule has 3 rings (SSSR count). The van der Waals surface area contributed by atoms with Crippen molar-refractivity contribution < 1.29 is 9.53 Å². The van der Waals surface area contributed by atoms with Crippen LogP contribution >= 0.6 is 11.3 Å². The van der Waals surface area contributed by atoms with Crippen molar-refractivity contribution in [1.82, 2.24) is 19.9 Å². The molecule has 0 spiro atoms. The van der Waals surface area contributed by atoms with E-state index in [2.05, 4.69) is 15.7 Å². The van der Waals surface area contributed by atoms with E-state index in [-0.39, 0.29) is 18.6 Å². The number of para-hydroxylation sites is 1. The third kappa shape index (κ3) is 3.80. The average Bonchev–Trinajstić information content (AvgIpc) is 3.24.